The molecule has 0 aliphatic carbocycles. The summed E-state index contributed by atoms with van der Waals surface area (Å²) in [4.78, 5) is 0. The first-order valence-electron chi connectivity index (χ1n) is 4.91. The lowest BCUT2D eigenvalue weighted by Gasteiger charge is -2.09. The van der Waals surface area contributed by atoms with Gasteiger partial charge in [-0.25, -0.2) is 0 Å². The van der Waals surface area contributed by atoms with Gasteiger partial charge in [0, 0.05) is 19.5 Å². The predicted molar refractivity (Wildman–Crippen MR) is 78.8 cm³/mol. The number of hydrogen-bond acceptors (Lipinski definition) is 1. The van der Waals surface area contributed by atoms with Crippen LogP contribution in [0.4, 0.5) is 0 Å². The lowest BCUT2D eigenvalue weighted by atomic mass is 10.1. The van der Waals surface area contributed by atoms with E-state index in [1.165, 1.54) is 0 Å². The number of methoxy groups -OCH3 is 1. The lowest BCUT2D eigenvalue weighted by molar-refractivity contribution is 0.415. The van der Waals surface area contributed by atoms with Crippen molar-refractivity contribution >= 4 is 43.5 Å². The smallest absolute Gasteiger partial charge is 0.119 e. The second-order valence-corrected chi connectivity index (χ2v) is 5.62. The quantitative estimate of drug-likeness (QED) is 0.669. The van der Waals surface area contributed by atoms with E-state index in [0.717, 1.165) is 25.8 Å². The van der Waals surface area contributed by atoms with Gasteiger partial charge in [0.15, 0.2) is 0 Å². The number of benzene rings is 2. The van der Waals surface area contributed by atoms with Gasteiger partial charge in [-0.05, 0) is 35.9 Å². The molecule has 2 rings (SSSR count). The van der Waals surface area contributed by atoms with Crippen molar-refractivity contribution in [2.24, 2.45) is 0 Å². The Morgan fingerprint density at radius 3 is 2.35 bits per heavy atom. The van der Waals surface area contributed by atoms with Gasteiger partial charge >= 0.3 is 0 Å². The van der Waals surface area contributed by atoms with Crippen LogP contribution < -0.4 is 4.74 Å². The van der Waals surface area contributed by atoms with Crippen molar-refractivity contribution in [2.45, 2.75) is 0 Å². The Kier molecular flexibility index (Phi) is 4.13. The molecule has 0 amide bonds. The highest BCUT2D eigenvalue weighted by Gasteiger charge is 2.08. The molecule has 88 valence electrons. The molecule has 0 bridgehead atoms. The summed E-state index contributed by atoms with van der Waals surface area (Å²) in [5, 5.41) is 0.708. The number of rotatable bonds is 2. The van der Waals surface area contributed by atoms with Crippen molar-refractivity contribution in [3.05, 3.63) is 50.4 Å². The number of hydrogen-bond donors (Lipinski definition) is 0. The second kappa shape index (κ2) is 5.42. The van der Waals surface area contributed by atoms with E-state index >= 15 is 0 Å². The first-order valence-corrected chi connectivity index (χ1v) is 6.87. The molecule has 4 heteroatoms. The second-order valence-electron chi connectivity index (χ2n) is 3.47. The molecule has 0 aromatic heterocycles. The minimum Gasteiger partial charge on any atom is -0.497 e. The van der Waals surface area contributed by atoms with Gasteiger partial charge in [0.2, 0.25) is 0 Å². The van der Waals surface area contributed by atoms with Crippen LogP contribution >= 0.6 is 43.5 Å². The fraction of sp³-hybridized carbons (Fsp3) is 0.0769. The van der Waals surface area contributed by atoms with Crippen LogP contribution in [0, 0.1) is 0 Å². The fourth-order valence-electron chi connectivity index (χ4n) is 1.55. The van der Waals surface area contributed by atoms with Crippen molar-refractivity contribution < 1.29 is 4.74 Å². The number of ether oxygens (including phenoxy) is 1. The van der Waals surface area contributed by atoms with Crippen LogP contribution in [0.3, 0.4) is 0 Å². The Morgan fingerprint density at radius 1 is 0.941 bits per heavy atom. The molecule has 17 heavy (non-hydrogen) atoms. The fourth-order valence-corrected chi connectivity index (χ4v) is 2.90. The number of halogens is 3. The van der Waals surface area contributed by atoms with Crippen molar-refractivity contribution in [2.75, 3.05) is 7.11 Å². The van der Waals surface area contributed by atoms with Crippen LogP contribution in [-0.4, -0.2) is 7.11 Å². The molecule has 0 atom stereocenters. The molecule has 0 saturated carbocycles. The van der Waals surface area contributed by atoms with Gasteiger partial charge in [-0.2, -0.15) is 0 Å². The molecule has 2 aromatic carbocycles. The molecule has 0 fully saturated rings. The van der Waals surface area contributed by atoms with Gasteiger partial charge in [0.25, 0.3) is 0 Å². The van der Waals surface area contributed by atoms with E-state index in [-0.39, 0.29) is 0 Å². The highest BCUT2D eigenvalue weighted by Crippen LogP contribution is 2.37. The van der Waals surface area contributed by atoms with Crippen LogP contribution in [0.5, 0.6) is 5.75 Å². The zero-order valence-electron chi connectivity index (χ0n) is 9.01. The zero-order chi connectivity index (χ0) is 12.4. The Morgan fingerprint density at radius 2 is 1.71 bits per heavy atom. The maximum absolute atomic E-state index is 5.94. The van der Waals surface area contributed by atoms with E-state index in [4.69, 9.17) is 16.3 Å². The molecule has 0 saturated heterocycles. The molecule has 0 heterocycles. The molecule has 0 spiro atoms. The summed E-state index contributed by atoms with van der Waals surface area (Å²) < 4.78 is 7.21. The largest absolute Gasteiger partial charge is 0.497 e. The van der Waals surface area contributed by atoms with Crippen molar-refractivity contribution in [3.63, 3.8) is 0 Å². The third kappa shape index (κ3) is 2.84. The highest BCUT2D eigenvalue weighted by molar-refractivity contribution is 9.11. The normalized spacial score (nSPS) is 10.4. The predicted octanol–water partition coefficient (Wildman–Crippen LogP) is 5.54. The molecule has 1 nitrogen and oxygen atoms in total. The SMILES string of the molecule is COc1ccc(Br)c(-c2ccc(Cl)cc2Br)c1. The Hall–Kier alpha value is -0.510. The average molecular weight is 376 g/mol. The summed E-state index contributed by atoms with van der Waals surface area (Å²) in [6, 6.07) is 11.6. The minimum atomic E-state index is 0.708. The Bertz CT molecular complexity index is 555. The summed E-state index contributed by atoms with van der Waals surface area (Å²) in [5.74, 6) is 0.824. The van der Waals surface area contributed by atoms with Crippen molar-refractivity contribution in [1.82, 2.24) is 0 Å². The molecule has 0 radical (unpaired) electrons. The molecule has 0 aliphatic rings. The third-order valence-corrected chi connectivity index (χ3v) is 3.98. The summed E-state index contributed by atoms with van der Waals surface area (Å²) >= 11 is 13.0. The Balaban J connectivity index is 2.59. The lowest BCUT2D eigenvalue weighted by Crippen LogP contribution is -1.86. The average Bonchev–Trinajstić information content (AvgIpc) is 2.30. The van der Waals surface area contributed by atoms with Crippen LogP contribution in [-0.2, 0) is 0 Å². The van der Waals surface area contributed by atoms with E-state index in [9.17, 15) is 0 Å². The first-order chi connectivity index (χ1) is 8.11. The van der Waals surface area contributed by atoms with Crippen molar-refractivity contribution in [3.8, 4) is 16.9 Å². The maximum Gasteiger partial charge on any atom is 0.119 e. The molecular formula is C13H9Br2ClO. The van der Waals surface area contributed by atoms with Crippen LogP contribution in [0.15, 0.2) is 45.3 Å². The van der Waals surface area contributed by atoms with E-state index in [2.05, 4.69) is 31.9 Å². The first kappa shape index (κ1) is 12.9. The molecule has 2 aromatic rings. The minimum absolute atomic E-state index is 0.708. The van der Waals surface area contributed by atoms with Crippen molar-refractivity contribution in [1.29, 1.82) is 0 Å². The van der Waals surface area contributed by atoms with Gasteiger partial charge in [-0.15, -0.1) is 0 Å². The van der Waals surface area contributed by atoms with E-state index in [1.54, 1.807) is 7.11 Å². The van der Waals surface area contributed by atoms with Gasteiger partial charge in [-0.1, -0.05) is 49.5 Å². The van der Waals surface area contributed by atoms with Gasteiger partial charge < -0.3 is 4.74 Å². The molecular weight excluding hydrogens is 367 g/mol. The zero-order valence-corrected chi connectivity index (χ0v) is 12.9. The van der Waals surface area contributed by atoms with Crippen LogP contribution in [0.1, 0.15) is 0 Å². The topological polar surface area (TPSA) is 9.23 Å². The van der Waals surface area contributed by atoms with E-state index in [1.807, 2.05) is 36.4 Å². The molecule has 0 N–H and O–H groups in total. The third-order valence-electron chi connectivity index (χ3n) is 2.39. The summed E-state index contributed by atoms with van der Waals surface area (Å²) in [5.41, 5.74) is 2.13. The summed E-state index contributed by atoms with van der Waals surface area (Å²) in [6.07, 6.45) is 0. The molecule has 0 aliphatic heterocycles. The standard InChI is InChI=1S/C13H9Br2ClO/c1-17-9-3-5-12(14)11(7-9)10-4-2-8(16)6-13(10)15/h2-7H,1H3. The van der Waals surface area contributed by atoms with Crippen LogP contribution in [0.2, 0.25) is 5.02 Å². The summed E-state index contributed by atoms with van der Waals surface area (Å²) in [6.45, 7) is 0. The Labute approximate surface area is 122 Å². The van der Waals surface area contributed by atoms with E-state index in [0.29, 0.717) is 5.02 Å². The van der Waals surface area contributed by atoms with E-state index < -0.39 is 0 Å². The van der Waals surface area contributed by atoms with Gasteiger partial charge in [0.1, 0.15) is 5.75 Å². The monoisotopic (exact) mass is 374 g/mol. The maximum atomic E-state index is 5.94. The highest BCUT2D eigenvalue weighted by atomic mass is 79.9. The molecule has 0 unspecified atom stereocenters. The van der Waals surface area contributed by atoms with Crippen LogP contribution in [0.25, 0.3) is 11.1 Å². The van der Waals surface area contributed by atoms with Gasteiger partial charge in [-0.3, -0.25) is 0 Å². The summed E-state index contributed by atoms with van der Waals surface area (Å²) in [7, 11) is 1.66. The van der Waals surface area contributed by atoms with Gasteiger partial charge in [0.05, 0.1) is 7.11 Å².